The van der Waals surface area contributed by atoms with E-state index in [-0.39, 0.29) is 18.5 Å². The van der Waals surface area contributed by atoms with E-state index in [0.29, 0.717) is 19.7 Å². The molecule has 0 bridgehead atoms. The molecule has 2 saturated heterocycles. The van der Waals surface area contributed by atoms with Crippen LogP contribution in [0.1, 0.15) is 6.92 Å². The predicted molar refractivity (Wildman–Crippen MR) is 89.3 cm³/mol. The maximum absolute atomic E-state index is 12.5. The molecule has 3 rings (SSSR count). The molecule has 1 aromatic carbocycles. The van der Waals surface area contributed by atoms with Gasteiger partial charge >= 0.3 is 6.09 Å². The number of methoxy groups -OCH3 is 1. The number of anilines is 1. The smallest absolute Gasteiger partial charge is 0.410 e. The molecule has 0 unspecified atom stereocenters. The fourth-order valence-corrected chi connectivity index (χ4v) is 3.18. The van der Waals surface area contributed by atoms with Crippen molar-refractivity contribution in [1.82, 2.24) is 9.80 Å². The molecular weight excluding hydrogens is 310 g/mol. The molecular formula is C17H23N3O4. The molecule has 7 nitrogen and oxygen atoms in total. The van der Waals surface area contributed by atoms with Crippen molar-refractivity contribution in [2.24, 2.45) is 0 Å². The Morgan fingerprint density at radius 3 is 2.58 bits per heavy atom. The molecule has 0 aliphatic carbocycles. The number of ether oxygens (including phenoxy) is 2. The highest BCUT2D eigenvalue weighted by molar-refractivity contribution is 5.83. The monoisotopic (exact) mass is 333 g/mol. The van der Waals surface area contributed by atoms with Gasteiger partial charge in [0.25, 0.3) is 0 Å². The second-order valence-corrected chi connectivity index (χ2v) is 6.12. The van der Waals surface area contributed by atoms with E-state index in [4.69, 9.17) is 9.47 Å². The first-order valence-electron chi connectivity index (χ1n) is 8.18. The van der Waals surface area contributed by atoms with Crippen molar-refractivity contribution in [2.45, 2.75) is 13.0 Å². The molecule has 0 radical (unpaired) electrons. The lowest BCUT2D eigenvalue weighted by Crippen LogP contribution is -2.56. The highest BCUT2D eigenvalue weighted by Gasteiger charge is 2.31. The van der Waals surface area contributed by atoms with Gasteiger partial charge in [0, 0.05) is 31.4 Å². The Morgan fingerprint density at radius 1 is 1.25 bits per heavy atom. The summed E-state index contributed by atoms with van der Waals surface area (Å²) >= 11 is 0. The molecule has 1 atom stereocenters. The van der Waals surface area contributed by atoms with E-state index in [0.717, 1.165) is 24.5 Å². The zero-order valence-corrected chi connectivity index (χ0v) is 14.1. The quantitative estimate of drug-likeness (QED) is 0.828. The predicted octanol–water partition coefficient (Wildman–Crippen LogP) is 1.18. The number of cyclic esters (lactones) is 1. The molecule has 0 N–H and O–H groups in total. The minimum Gasteiger partial charge on any atom is -0.497 e. The number of hydrogen-bond acceptors (Lipinski definition) is 5. The number of nitrogens with zero attached hydrogens (tertiary/aromatic N) is 3. The van der Waals surface area contributed by atoms with Crippen molar-refractivity contribution in [1.29, 1.82) is 0 Å². The van der Waals surface area contributed by atoms with Crippen LogP contribution in [0.25, 0.3) is 0 Å². The first-order valence-corrected chi connectivity index (χ1v) is 8.18. The largest absolute Gasteiger partial charge is 0.497 e. The van der Waals surface area contributed by atoms with Gasteiger partial charge in [-0.15, -0.1) is 0 Å². The van der Waals surface area contributed by atoms with E-state index >= 15 is 0 Å². The van der Waals surface area contributed by atoms with Crippen LogP contribution >= 0.6 is 0 Å². The van der Waals surface area contributed by atoms with Crippen LogP contribution in [-0.4, -0.2) is 74.3 Å². The van der Waals surface area contributed by atoms with Crippen LogP contribution in [0.2, 0.25) is 0 Å². The zero-order valence-electron chi connectivity index (χ0n) is 14.1. The summed E-state index contributed by atoms with van der Waals surface area (Å²) in [5, 5.41) is 0. The summed E-state index contributed by atoms with van der Waals surface area (Å²) in [7, 11) is 1.65. The van der Waals surface area contributed by atoms with Gasteiger partial charge in [-0.05, 0) is 31.2 Å². The summed E-state index contributed by atoms with van der Waals surface area (Å²) in [4.78, 5) is 29.5. The van der Waals surface area contributed by atoms with Gasteiger partial charge in [0.05, 0.1) is 13.7 Å². The van der Waals surface area contributed by atoms with Crippen LogP contribution in [0.3, 0.4) is 0 Å². The van der Waals surface area contributed by atoms with Gasteiger partial charge in [-0.2, -0.15) is 0 Å². The maximum atomic E-state index is 12.5. The maximum Gasteiger partial charge on any atom is 0.410 e. The first-order chi connectivity index (χ1) is 11.6. The summed E-state index contributed by atoms with van der Waals surface area (Å²) in [5.74, 6) is 0.814. The molecule has 130 valence electrons. The lowest BCUT2D eigenvalue weighted by Gasteiger charge is -2.41. The number of hydrogen-bond donors (Lipinski definition) is 0. The topological polar surface area (TPSA) is 62.3 Å². The standard InChI is InChI=1S/C17H23N3O4/c1-13-11-18(14-3-5-15(23-2)6-4-14)7-8-20(13)16(21)12-19-9-10-24-17(19)22/h3-6,13H,7-12H2,1-2H3/t13-/m0/s1. The molecule has 2 aliphatic rings. The SMILES string of the molecule is COc1ccc(N2CCN(C(=O)CN3CCOC3=O)[C@@H](C)C2)cc1. The molecule has 2 aliphatic heterocycles. The van der Waals surface area contributed by atoms with Crippen LogP contribution in [0.5, 0.6) is 5.75 Å². The lowest BCUT2D eigenvalue weighted by molar-refractivity contribution is -0.134. The lowest BCUT2D eigenvalue weighted by atomic mass is 10.1. The van der Waals surface area contributed by atoms with Crippen LogP contribution in [0.15, 0.2) is 24.3 Å². The third kappa shape index (κ3) is 3.39. The first kappa shape index (κ1) is 16.4. The fourth-order valence-electron chi connectivity index (χ4n) is 3.18. The van der Waals surface area contributed by atoms with Crippen LogP contribution in [0, 0.1) is 0 Å². The Balaban J connectivity index is 1.58. The van der Waals surface area contributed by atoms with E-state index in [1.807, 2.05) is 36.1 Å². The Kier molecular flexibility index (Phi) is 4.78. The number of carbonyl (C=O) groups excluding carboxylic acids is 2. The van der Waals surface area contributed by atoms with Crippen molar-refractivity contribution in [2.75, 3.05) is 51.3 Å². The zero-order chi connectivity index (χ0) is 17.1. The second-order valence-electron chi connectivity index (χ2n) is 6.12. The van der Waals surface area contributed by atoms with Crippen LogP contribution < -0.4 is 9.64 Å². The molecule has 2 fully saturated rings. The molecule has 7 heteroatoms. The van der Waals surface area contributed by atoms with Crippen molar-refractivity contribution in [3.8, 4) is 5.75 Å². The van der Waals surface area contributed by atoms with Gasteiger partial charge in [-0.1, -0.05) is 0 Å². The third-order valence-corrected chi connectivity index (χ3v) is 4.56. The van der Waals surface area contributed by atoms with Crippen LogP contribution in [-0.2, 0) is 9.53 Å². The number of piperazine rings is 1. The highest BCUT2D eigenvalue weighted by Crippen LogP contribution is 2.22. The normalized spacial score (nSPS) is 21.0. The van der Waals surface area contributed by atoms with E-state index in [1.54, 1.807) is 7.11 Å². The highest BCUT2D eigenvalue weighted by atomic mass is 16.6. The van der Waals surface area contributed by atoms with Gasteiger partial charge in [0.15, 0.2) is 0 Å². The van der Waals surface area contributed by atoms with Crippen molar-refractivity contribution in [3.63, 3.8) is 0 Å². The Labute approximate surface area is 141 Å². The van der Waals surface area contributed by atoms with E-state index in [1.165, 1.54) is 4.90 Å². The summed E-state index contributed by atoms with van der Waals surface area (Å²) < 4.78 is 10.1. The van der Waals surface area contributed by atoms with Gasteiger partial charge < -0.3 is 19.3 Å². The average Bonchev–Trinajstić information content (AvgIpc) is 2.99. The third-order valence-electron chi connectivity index (χ3n) is 4.56. The second kappa shape index (κ2) is 6.98. The van der Waals surface area contributed by atoms with E-state index in [9.17, 15) is 9.59 Å². The number of amides is 2. The van der Waals surface area contributed by atoms with Crippen molar-refractivity contribution in [3.05, 3.63) is 24.3 Å². The summed E-state index contributed by atoms with van der Waals surface area (Å²) in [6.07, 6.45) is -0.395. The molecule has 2 amide bonds. The summed E-state index contributed by atoms with van der Waals surface area (Å²) in [5.41, 5.74) is 1.12. The fraction of sp³-hybridized carbons (Fsp3) is 0.529. The van der Waals surface area contributed by atoms with Crippen LogP contribution in [0.4, 0.5) is 10.5 Å². The molecule has 0 aromatic heterocycles. The Hall–Kier alpha value is -2.44. The minimum absolute atomic E-state index is 0.0178. The van der Waals surface area contributed by atoms with E-state index in [2.05, 4.69) is 4.90 Å². The van der Waals surface area contributed by atoms with Gasteiger partial charge in [0.2, 0.25) is 5.91 Å². The van der Waals surface area contributed by atoms with Crippen molar-refractivity contribution < 1.29 is 19.1 Å². The molecule has 1 aromatic rings. The summed E-state index contributed by atoms with van der Waals surface area (Å²) in [6.45, 7) is 5.18. The molecule has 0 spiro atoms. The minimum atomic E-state index is -0.395. The molecule has 24 heavy (non-hydrogen) atoms. The number of rotatable bonds is 4. The number of carbonyl (C=O) groups is 2. The van der Waals surface area contributed by atoms with Gasteiger partial charge in [-0.3, -0.25) is 9.69 Å². The number of benzene rings is 1. The van der Waals surface area contributed by atoms with Gasteiger partial charge in [0.1, 0.15) is 18.9 Å². The van der Waals surface area contributed by atoms with E-state index < -0.39 is 6.09 Å². The average molecular weight is 333 g/mol. The Morgan fingerprint density at radius 2 is 2.00 bits per heavy atom. The Bertz CT molecular complexity index is 604. The van der Waals surface area contributed by atoms with Crippen molar-refractivity contribution >= 4 is 17.7 Å². The van der Waals surface area contributed by atoms with Gasteiger partial charge in [-0.25, -0.2) is 4.79 Å². The summed E-state index contributed by atoms with van der Waals surface area (Å²) in [6, 6.07) is 8.03. The molecule has 2 heterocycles. The molecule has 0 saturated carbocycles.